The van der Waals surface area contributed by atoms with Crippen molar-refractivity contribution in [1.29, 1.82) is 0 Å². The van der Waals surface area contributed by atoms with Gasteiger partial charge in [0.05, 0.1) is 17.3 Å². The Kier molecular flexibility index (Phi) is 6.73. The molecule has 0 heterocycles. The van der Waals surface area contributed by atoms with Gasteiger partial charge in [-0.1, -0.05) is 29.8 Å². The number of nitrogens with one attached hydrogen (secondary N) is 1. The van der Waals surface area contributed by atoms with Crippen LogP contribution in [0, 0.1) is 6.92 Å². The van der Waals surface area contributed by atoms with E-state index in [1.165, 1.54) is 12.1 Å². The fourth-order valence-electron chi connectivity index (χ4n) is 2.34. The summed E-state index contributed by atoms with van der Waals surface area (Å²) in [6, 6.07) is 11.8. The number of hydrogen-bond donors (Lipinski definition) is 1. The first kappa shape index (κ1) is 19.1. The average Bonchev–Trinajstić information content (AvgIpc) is 2.49. The van der Waals surface area contributed by atoms with Crippen LogP contribution in [0.3, 0.4) is 0 Å². The van der Waals surface area contributed by atoms with Crippen molar-refractivity contribution in [3.05, 3.63) is 58.6 Å². The van der Waals surface area contributed by atoms with Crippen LogP contribution in [0.15, 0.2) is 42.5 Å². The van der Waals surface area contributed by atoms with E-state index in [-0.39, 0.29) is 18.2 Å². The Balaban J connectivity index is 1.91. The number of nitrogens with zero attached hydrogens (tertiary/aromatic N) is 1. The highest BCUT2D eigenvalue weighted by molar-refractivity contribution is 6.33. The lowest BCUT2D eigenvalue weighted by molar-refractivity contribution is -0.117. The Morgan fingerprint density at radius 3 is 2.72 bits per heavy atom. The fraction of sp³-hybridized carbons (Fsp3) is 0.278. The summed E-state index contributed by atoms with van der Waals surface area (Å²) in [5.74, 6) is -0.120. The third kappa shape index (κ3) is 6.32. The third-order valence-electron chi connectivity index (χ3n) is 3.39. The summed E-state index contributed by atoms with van der Waals surface area (Å²) in [5.41, 5.74) is 2.32. The molecule has 0 aliphatic rings. The van der Waals surface area contributed by atoms with Crippen LogP contribution in [0.1, 0.15) is 11.1 Å². The van der Waals surface area contributed by atoms with Gasteiger partial charge in [-0.25, -0.2) is 0 Å². The molecule has 1 amide bonds. The molecular weight excluding hydrogens is 350 g/mol. The lowest BCUT2D eigenvalue weighted by atomic mass is 10.2. The van der Waals surface area contributed by atoms with Gasteiger partial charge in [-0.2, -0.15) is 8.78 Å². The molecule has 25 heavy (non-hydrogen) atoms. The molecule has 0 saturated carbocycles. The maximum Gasteiger partial charge on any atom is 0.387 e. The highest BCUT2D eigenvalue weighted by Gasteiger charge is 2.11. The molecule has 0 spiro atoms. The van der Waals surface area contributed by atoms with E-state index in [0.29, 0.717) is 17.3 Å². The predicted octanol–water partition coefficient (Wildman–Crippen LogP) is 4.32. The predicted molar refractivity (Wildman–Crippen MR) is 94.2 cm³/mol. The van der Waals surface area contributed by atoms with E-state index in [1.54, 1.807) is 36.2 Å². The lowest BCUT2D eigenvalue weighted by Gasteiger charge is -2.17. The number of alkyl halides is 2. The lowest BCUT2D eigenvalue weighted by Crippen LogP contribution is -2.29. The molecule has 4 nitrogen and oxygen atoms in total. The van der Waals surface area contributed by atoms with Gasteiger partial charge in [0.15, 0.2) is 0 Å². The summed E-state index contributed by atoms with van der Waals surface area (Å²) < 4.78 is 28.9. The molecule has 134 valence electrons. The highest BCUT2D eigenvalue weighted by Crippen LogP contribution is 2.22. The number of amides is 1. The second kappa shape index (κ2) is 8.78. The fourth-order valence-corrected chi connectivity index (χ4v) is 2.63. The van der Waals surface area contributed by atoms with Crippen molar-refractivity contribution < 1.29 is 18.3 Å². The number of hydrogen-bond acceptors (Lipinski definition) is 3. The van der Waals surface area contributed by atoms with Crippen LogP contribution in [0.2, 0.25) is 5.02 Å². The normalized spacial score (nSPS) is 11.0. The number of anilines is 1. The number of carbonyl (C=O) groups is 1. The minimum atomic E-state index is -2.86. The van der Waals surface area contributed by atoms with Crippen molar-refractivity contribution in [3.8, 4) is 5.75 Å². The Hall–Kier alpha value is -2.18. The maximum absolute atomic E-state index is 12.3. The molecule has 0 saturated heterocycles. The summed E-state index contributed by atoms with van der Waals surface area (Å²) in [6.07, 6.45) is 0. The summed E-state index contributed by atoms with van der Waals surface area (Å²) in [4.78, 5) is 13.9. The summed E-state index contributed by atoms with van der Waals surface area (Å²) in [6.45, 7) is -0.408. The third-order valence-corrected chi connectivity index (χ3v) is 3.70. The maximum atomic E-state index is 12.3. The van der Waals surface area contributed by atoms with Crippen LogP contribution < -0.4 is 10.1 Å². The van der Waals surface area contributed by atoms with Crippen LogP contribution in [0.4, 0.5) is 14.5 Å². The molecule has 0 bridgehead atoms. The zero-order chi connectivity index (χ0) is 18.4. The number of rotatable bonds is 7. The van der Waals surface area contributed by atoms with Gasteiger partial charge < -0.3 is 10.1 Å². The monoisotopic (exact) mass is 368 g/mol. The SMILES string of the molecule is Cc1ccc(NC(=O)CN(C)Cc2cccc(OC(F)F)c2)c(Cl)c1. The number of ether oxygens (including phenoxy) is 1. The van der Waals surface area contributed by atoms with Gasteiger partial charge in [0, 0.05) is 6.54 Å². The molecule has 0 aliphatic heterocycles. The van der Waals surface area contributed by atoms with Crippen LogP contribution in [-0.4, -0.2) is 31.0 Å². The smallest absolute Gasteiger partial charge is 0.387 e. The standard InChI is InChI=1S/C18H19ClF2N2O2/c1-12-6-7-16(15(19)8-12)22-17(24)11-23(2)10-13-4-3-5-14(9-13)25-18(20)21/h3-9,18H,10-11H2,1-2H3,(H,22,24). The molecule has 7 heteroatoms. The molecule has 2 aromatic rings. The van der Waals surface area contributed by atoms with Gasteiger partial charge in [-0.3, -0.25) is 9.69 Å². The first-order valence-electron chi connectivity index (χ1n) is 7.62. The first-order valence-corrected chi connectivity index (χ1v) is 7.99. The summed E-state index contributed by atoms with van der Waals surface area (Å²) in [5, 5.41) is 3.23. The average molecular weight is 369 g/mol. The van der Waals surface area contributed by atoms with Crippen molar-refractivity contribution in [2.45, 2.75) is 20.1 Å². The van der Waals surface area contributed by atoms with Crippen LogP contribution in [0.25, 0.3) is 0 Å². The van der Waals surface area contributed by atoms with Crippen molar-refractivity contribution in [2.75, 3.05) is 18.9 Å². The van der Waals surface area contributed by atoms with Gasteiger partial charge in [-0.05, 0) is 49.4 Å². The van der Waals surface area contributed by atoms with Crippen LogP contribution in [0.5, 0.6) is 5.75 Å². The summed E-state index contributed by atoms with van der Waals surface area (Å²) >= 11 is 6.10. The van der Waals surface area contributed by atoms with Gasteiger partial charge in [-0.15, -0.1) is 0 Å². The van der Waals surface area contributed by atoms with E-state index in [4.69, 9.17) is 11.6 Å². The molecule has 0 aliphatic carbocycles. The molecule has 0 aromatic heterocycles. The molecule has 0 atom stereocenters. The van der Waals surface area contributed by atoms with E-state index < -0.39 is 6.61 Å². The summed E-state index contributed by atoms with van der Waals surface area (Å²) in [7, 11) is 1.76. The van der Waals surface area contributed by atoms with E-state index >= 15 is 0 Å². The van der Waals surface area contributed by atoms with Crippen LogP contribution >= 0.6 is 11.6 Å². The molecule has 0 fully saturated rings. The second-order valence-electron chi connectivity index (χ2n) is 5.73. The van der Waals surface area contributed by atoms with Gasteiger partial charge >= 0.3 is 6.61 Å². The first-order chi connectivity index (χ1) is 11.8. The van der Waals surface area contributed by atoms with Crippen molar-refractivity contribution in [3.63, 3.8) is 0 Å². The molecule has 0 unspecified atom stereocenters. The number of benzene rings is 2. The topological polar surface area (TPSA) is 41.6 Å². The molecular formula is C18H19ClF2N2O2. The van der Waals surface area contributed by atoms with E-state index in [0.717, 1.165) is 11.1 Å². The van der Waals surface area contributed by atoms with Crippen molar-refractivity contribution >= 4 is 23.2 Å². The zero-order valence-electron chi connectivity index (χ0n) is 13.9. The zero-order valence-corrected chi connectivity index (χ0v) is 14.7. The van der Waals surface area contributed by atoms with E-state index in [9.17, 15) is 13.6 Å². The quantitative estimate of drug-likeness (QED) is 0.791. The molecule has 2 rings (SSSR count). The van der Waals surface area contributed by atoms with Gasteiger partial charge in [0.1, 0.15) is 5.75 Å². The van der Waals surface area contributed by atoms with Gasteiger partial charge in [0.25, 0.3) is 0 Å². The second-order valence-corrected chi connectivity index (χ2v) is 6.14. The van der Waals surface area contributed by atoms with E-state index in [1.807, 2.05) is 13.0 Å². The molecule has 0 radical (unpaired) electrons. The number of carbonyl (C=O) groups excluding carboxylic acids is 1. The van der Waals surface area contributed by atoms with E-state index in [2.05, 4.69) is 10.1 Å². The molecule has 2 aromatic carbocycles. The number of halogens is 3. The van der Waals surface area contributed by atoms with Crippen molar-refractivity contribution in [1.82, 2.24) is 4.90 Å². The Morgan fingerprint density at radius 2 is 2.04 bits per heavy atom. The minimum Gasteiger partial charge on any atom is -0.435 e. The number of aryl methyl sites for hydroxylation is 1. The van der Waals surface area contributed by atoms with Gasteiger partial charge in [0.2, 0.25) is 5.91 Å². The Bertz CT molecular complexity index is 741. The Labute approximate surface area is 150 Å². The van der Waals surface area contributed by atoms with Crippen LogP contribution in [-0.2, 0) is 11.3 Å². The Morgan fingerprint density at radius 1 is 1.28 bits per heavy atom. The highest BCUT2D eigenvalue weighted by atomic mass is 35.5. The minimum absolute atomic E-state index is 0.0942. The molecule has 1 N–H and O–H groups in total. The largest absolute Gasteiger partial charge is 0.435 e. The number of likely N-dealkylation sites (N-methyl/N-ethyl adjacent to an activating group) is 1. The van der Waals surface area contributed by atoms with Crippen molar-refractivity contribution in [2.24, 2.45) is 0 Å².